The van der Waals surface area contributed by atoms with E-state index in [1.165, 1.54) is 11.3 Å². The fourth-order valence-corrected chi connectivity index (χ4v) is 2.86. The van der Waals surface area contributed by atoms with Crippen LogP contribution in [-0.2, 0) is 6.42 Å². The molecule has 0 aliphatic rings. The molecular weight excluding hydrogens is 316 g/mol. The van der Waals surface area contributed by atoms with Gasteiger partial charge in [0.15, 0.2) is 11.5 Å². The minimum absolute atomic E-state index is 0.384. The number of ether oxygens (including phenoxy) is 2. The van der Waals surface area contributed by atoms with Crippen molar-refractivity contribution < 1.29 is 14.0 Å². The Morgan fingerprint density at radius 3 is 2.74 bits per heavy atom. The fraction of sp³-hybridized carbons (Fsp3) is 0.267. The number of nitrogens with two attached hydrogens (primary N) is 1. The number of rotatable bonds is 6. The Bertz CT molecular complexity index is 800. The van der Waals surface area contributed by atoms with Gasteiger partial charge in [-0.15, -0.1) is 11.3 Å². The maximum absolute atomic E-state index is 5.53. The monoisotopic (exact) mass is 332 g/mol. The lowest BCUT2D eigenvalue weighted by atomic mass is 10.2. The molecule has 2 heterocycles. The van der Waals surface area contributed by atoms with Gasteiger partial charge < -0.3 is 19.7 Å². The predicted molar refractivity (Wildman–Crippen MR) is 86.7 cm³/mol. The molecule has 8 heteroatoms. The van der Waals surface area contributed by atoms with Crippen LogP contribution in [0.1, 0.15) is 5.01 Å². The van der Waals surface area contributed by atoms with E-state index in [4.69, 9.17) is 19.7 Å². The van der Waals surface area contributed by atoms with Crippen molar-refractivity contribution in [2.75, 3.05) is 20.8 Å². The van der Waals surface area contributed by atoms with Crippen molar-refractivity contribution in [3.63, 3.8) is 0 Å². The highest BCUT2D eigenvalue weighted by molar-refractivity contribution is 7.09. The number of thiazole rings is 1. The number of methoxy groups -OCH3 is 2. The molecule has 23 heavy (non-hydrogen) atoms. The molecule has 7 nitrogen and oxygen atoms in total. The summed E-state index contributed by atoms with van der Waals surface area (Å²) in [4.78, 5) is 8.83. The molecule has 120 valence electrons. The number of benzene rings is 1. The lowest BCUT2D eigenvalue weighted by molar-refractivity contribution is 0.355. The summed E-state index contributed by atoms with van der Waals surface area (Å²) >= 11 is 1.53. The Morgan fingerprint density at radius 2 is 2.00 bits per heavy atom. The van der Waals surface area contributed by atoms with Crippen LogP contribution in [0.2, 0.25) is 0 Å². The third-order valence-electron chi connectivity index (χ3n) is 3.20. The molecule has 0 unspecified atom stereocenters. The SMILES string of the molecule is COc1ccc(-c2noc(-c3csc(CCN)n3)n2)cc1OC. The second-order valence-corrected chi connectivity index (χ2v) is 5.60. The highest BCUT2D eigenvalue weighted by Crippen LogP contribution is 2.32. The normalized spacial score (nSPS) is 10.7. The molecule has 0 fully saturated rings. The molecule has 3 rings (SSSR count). The van der Waals surface area contributed by atoms with Crippen LogP contribution in [0.25, 0.3) is 23.0 Å². The molecule has 0 bridgehead atoms. The predicted octanol–water partition coefficient (Wildman–Crippen LogP) is 2.38. The van der Waals surface area contributed by atoms with Crippen molar-refractivity contribution in [2.24, 2.45) is 5.73 Å². The van der Waals surface area contributed by atoms with E-state index in [9.17, 15) is 0 Å². The summed E-state index contributed by atoms with van der Waals surface area (Å²) in [7, 11) is 3.17. The van der Waals surface area contributed by atoms with Crippen LogP contribution in [0, 0.1) is 0 Å². The lowest BCUT2D eigenvalue weighted by Crippen LogP contribution is -2.01. The topological polar surface area (TPSA) is 96.3 Å². The van der Waals surface area contributed by atoms with Gasteiger partial charge >= 0.3 is 0 Å². The Labute approximate surface area is 137 Å². The molecule has 2 N–H and O–H groups in total. The molecule has 0 atom stereocenters. The Morgan fingerprint density at radius 1 is 1.17 bits per heavy atom. The van der Waals surface area contributed by atoms with Crippen molar-refractivity contribution in [1.29, 1.82) is 0 Å². The quantitative estimate of drug-likeness (QED) is 0.740. The van der Waals surface area contributed by atoms with Crippen LogP contribution in [0.5, 0.6) is 11.5 Å². The molecule has 2 aromatic heterocycles. The highest BCUT2D eigenvalue weighted by Gasteiger charge is 2.15. The van der Waals surface area contributed by atoms with E-state index >= 15 is 0 Å². The fourth-order valence-electron chi connectivity index (χ4n) is 2.07. The summed E-state index contributed by atoms with van der Waals surface area (Å²) in [6, 6.07) is 5.44. The van der Waals surface area contributed by atoms with Crippen molar-refractivity contribution in [3.05, 3.63) is 28.6 Å². The first kappa shape index (κ1) is 15.4. The maximum atomic E-state index is 5.53. The van der Waals surface area contributed by atoms with Gasteiger partial charge in [0.1, 0.15) is 5.69 Å². The van der Waals surface area contributed by atoms with Crippen LogP contribution in [0.3, 0.4) is 0 Å². The van der Waals surface area contributed by atoms with Gasteiger partial charge in [0.25, 0.3) is 5.89 Å². The van der Waals surface area contributed by atoms with E-state index in [0.29, 0.717) is 35.5 Å². The van der Waals surface area contributed by atoms with Crippen LogP contribution in [-0.4, -0.2) is 35.9 Å². The smallest absolute Gasteiger partial charge is 0.277 e. The number of hydrogen-bond donors (Lipinski definition) is 1. The number of aromatic nitrogens is 3. The van der Waals surface area contributed by atoms with Crippen molar-refractivity contribution in [2.45, 2.75) is 6.42 Å². The Hall–Kier alpha value is -2.45. The van der Waals surface area contributed by atoms with Crippen LogP contribution < -0.4 is 15.2 Å². The summed E-state index contributed by atoms with van der Waals surface area (Å²) in [5.74, 6) is 2.10. The Balaban J connectivity index is 1.89. The standard InChI is InChI=1S/C15H16N4O3S/c1-20-11-4-3-9(7-12(11)21-2)14-18-15(22-19-14)10-8-23-13(17-10)5-6-16/h3-4,7-8H,5-6,16H2,1-2H3. The molecule has 0 radical (unpaired) electrons. The molecule has 0 spiro atoms. The van der Waals surface area contributed by atoms with Gasteiger partial charge in [0, 0.05) is 17.4 Å². The summed E-state index contributed by atoms with van der Waals surface area (Å²) < 4.78 is 15.8. The third-order valence-corrected chi connectivity index (χ3v) is 4.11. The highest BCUT2D eigenvalue weighted by atomic mass is 32.1. The molecule has 3 aromatic rings. The van der Waals surface area contributed by atoms with E-state index in [2.05, 4.69) is 15.1 Å². The zero-order valence-corrected chi connectivity index (χ0v) is 13.6. The first-order valence-electron chi connectivity index (χ1n) is 6.96. The average molecular weight is 332 g/mol. The third kappa shape index (κ3) is 3.17. The molecule has 0 saturated carbocycles. The van der Waals surface area contributed by atoms with Gasteiger partial charge in [-0.25, -0.2) is 4.98 Å². The summed E-state index contributed by atoms with van der Waals surface area (Å²) in [6.07, 6.45) is 0.737. The van der Waals surface area contributed by atoms with E-state index in [1.54, 1.807) is 26.4 Å². The minimum atomic E-state index is 0.384. The molecule has 0 aliphatic heterocycles. The second-order valence-electron chi connectivity index (χ2n) is 4.66. The second kappa shape index (κ2) is 6.76. The van der Waals surface area contributed by atoms with Crippen molar-refractivity contribution in [3.8, 4) is 34.5 Å². The van der Waals surface area contributed by atoms with Crippen LogP contribution in [0.4, 0.5) is 0 Å². The van der Waals surface area contributed by atoms with Gasteiger partial charge in [-0.3, -0.25) is 0 Å². The number of hydrogen-bond acceptors (Lipinski definition) is 8. The summed E-state index contributed by atoms with van der Waals surface area (Å²) in [6.45, 7) is 0.563. The van der Waals surface area contributed by atoms with Gasteiger partial charge in [0.2, 0.25) is 5.82 Å². The van der Waals surface area contributed by atoms with Gasteiger partial charge in [-0.2, -0.15) is 4.98 Å². The maximum Gasteiger partial charge on any atom is 0.277 e. The Kier molecular flexibility index (Phi) is 4.54. The van der Waals surface area contributed by atoms with Crippen LogP contribution >= 0.6 is 11.3 Å². The number of nitrogens with zero attached hydrogens (tertiary/aromatic N) is 3. The van der Waals surface area contributed by atoms with E-state index in [0.717, 1.165) is 17.0 Å². The molecular formula is C15H16N4O3S. The van der Waals surface area contributed by atoms with E-state index < -0.39 is 0 Å². The summed E-state index contributed by atoms with van der Waals surface area (Å²) in [5, 5.41) is 6.84. The summed E-state index contributed by atoms with van der Waals surface area (Å²) in [5.41, 5.74) is 6.97. The largest absolute Gasteiger partial charge is 0.493 e. The van der Waals surface area contributed by atoms with Crippen LogP contribution in [0.15, 0.2) is 28.1 Å². The molecule has 0 aliphatic carbocycles. The zero-order chi connectivity index (χ0) is 16.2. The van der Waals surface area contributed by atoms with Gasteiger partial charge in [-0.1, -0.05) is 5.16 Å². The average Bonchev–Trinajstić information content (AvgIpc) is 3.23. The minimum Gasteiger partial charge on any atom is -0.493 e. The van der Waals surface area contributed by atoms with Gasteiger partial charge in [-0.05, 0) is 24.7 Å². The first-order valence-corrected chi connectivity index (χ1v) is 7.84. The van der Waals surface area contributed by atoms with Gasteiger partial charge in [0.05, 0.1) is 19.2 Å². The lowest BCUT2D eigenvalue weighted by Gasteiger charge is -2.07. The van der Waals surface area contributed by atoms with E-state index in [-0.39, 0.29) is 0 Å². The van der Waals surface area contributed by atoms with Crippen molar-refractivity contribution >= 4 is 11.3 Å². The molecule has 0 amide bonds. The first-order chi connectivity index (χ1) is 11.2. The molecule has 0 saturated heterocycles. The van der Waals surface area contributed by atoms with Crippen molar-refractivity contribution in [1.82, 2.24) is 15.1 Å². The molecule has 1 aromatic carbocycles. The van der Waals surface area contributed by atoms with E-state index in [1.807, 2.05) is 11.4 Å². The zero-order valence-electron chi connectivity index (χ0n) is 12.8.